The van der Waals surface area contributed by atoms with E-state index in [2.05, 4.69) is 27.8 Å². The third-order valence-corrected chi connectivity index (χ3v) is 6.35. The number of amides is 7. The van der Waals surface area contributed by atoms with E-state index in [-0.39, 0.29) is 17.7 Å². The lowest BCUT2D eigenvalue weighted by molar-refractivity contribution is -0.124. The monoisotopic (exact) mass is 524 g/mol. The molecule has 7 amide bonds. The molecule has 0 aromatic heterocycles. The van der Waals surface area contributed by atoms with Crippen LogP contribution in [0.1, 0.15) is 27.0 Å². The van der Waals surface area contributed by atoms with E-state index in [0.717, 1.165) is 18.1 Å². The van der Waals surface area contributed by atoms with Crippen LogP contribution in [-0.4, -0.2) is 53.9 Å². The second-order valence-corrected chi connectivity index (χ2v) is 8.76. The quantitative estimate of drug-likeness (QED) is 0.265. The first kappa shape index (κ1) is 24.7. The van der Waals surface area contributed by atoms with Gasteiger partial charge in [0, 0.05) is 17.7 Å². The summed E-state index contributed by atoms with van der Waals surface area (Å²) >= 11 is 0. The fourth-order valence-corrected chi connectivity index (χ4v) is 4.44. The molecule has 3 aliphatic rings. The van der Waals surface area contributed by atoms with Crippen LogP contribution in [0.2, 0.25) is 0 Å². The minimum atomic E-state index is -1.90. The molecule has 3 aliphatic heterocycles. The average molecular weight is 524 g/mol. The molecule has 0 aliphatic carbocycles. The van der Waals surface area contributed by atoms with Crippen LogP contribution >= 0.6 is 0 Å². The molecule has 2 atom stereocenters. The first-order valence-electron chi connectivity index (χ1n) is 11.0. The van der Waals surface area contributed by atoms with Crippen LogP contribution in [0.25, 0.3) is 0 Å². The van der Waals surface area contributed by atoms with E-state index in [1.165, 1.54) is 24.3 Å². The van der Waals surface area contributed by atoms with E-state index in [4.69, 9.17) is 10.5 Å². The molecule has 0 bridgehead atoms. The number of hydrogen-bond acceptors (Lipinski definition) is 7. The highest BCUT2D eigenvalue weighted by Gasteiger charge is 2.49. The summed E-state index contributed by atoms with van der Waals surface area (Å²) in [5, 5.41) is 8.84. The maximum absolute atomic E-state index is 14.7. The topological polar surface area (TPSA) is 172 Å². The third-order valence-electron chi connectivity index (χ3n) is 6.35. The zero-order valence-corrected chi connectivity index (χ0v) is 19.5. The molecule has 6 N–H and O–H groups in total. The SMILES string of the molecule is COc1c(F)cc2c(c1F)C(=O)N(C[C@@]1(C#Cc3ccc([C@]4(N)NC(=O)NC4=O)cc3)NC(=O)NC1=O)C2. The Balaban J connectivity index is 1.43. The summed E-state index contributed by atoms with van der Waals surface area (Å²) in [4.78, 5) is 62.3. The van der Waals surface area contributed by atoms with Crippen LogP contribution in [-0.2, 0) is 21.8 Å². The van der Waals surface area contributed by atoms with Gasteiger partial charge in [-0.25, -0.2) is 18.4 Å². The van der Waals surface area contributed by atoms with Crippen molar-refractivity contribution >= 4 is 29.8 Å². The van der Waals surface area contributed by atoms with E-state index < -0.39 is 70.5 Å². The van der Waals surface area contributed by atoms with Crippen molar-refractivity contribution in [3.63, 3.8) is 0 Å². The molecule has 12 nitrogen and oxygen atoms in total. The fraction of sp³-hybridized carbons (Fsp3) is 0.208. The molecule has 0 saturated carbocycles. The Morgan fingerprint density at radius 2 is 1.68 bits per heavy atom. The molecular weight excluding hydrogens is 506 g/mol. The molecule has 0 spiro atoms. The van der Waals surface area contributed by atoms with Gasteiger partial charge in [-0.2, -0.15) is 0 Å². The van der Waals surface area contributed by atoms with Gasteiger partial charge < -0.3 is 20.3 Å². The van der Waals surface area contributed by atoms with Gasteiger partial charge in [0.25, 0.3) is 17.7 Å². The summed E-state index contributed by atoms with van der Waals surface area (Å²) in [7, 11) is 1.06. The molecule has 2 aromatic carbocycles. The van der Waals surface area contributed by atoms with Gasteiger partial charge >= 0.3 is 12.1 Å². The first-order valence-corrected chi connectivity index (χ1v) is 11.0. The van der Waals surface area contributed by atoms with Crippen molar-refractivity contribution in [2.45, 2.75) is 17.7 Å². The highest BCUT2D eigenvalue weighted by atomic mass is 19.1. The van der Waals surface area contributed by atoms with E-state index in [9.17, 15) is 32.8 Å². The van der Waals surface area contributed by atoms with Crippen molar-refractivity contribution in [3.8, 4) is 17.6 Å². The Kier molecular flexibility index (Phi) is 5.53. The predicted octanol–water partition coefficient (Wildman–Crippen LogP) is -0.490. The summed E-state index contributed by atoms with van der Waals surface area (Å²) in [6, 6.07) is 5.21. The van der Waals surface area contributed by atoms with E-state index >= 15 is 0 Å². The Labute approximate surface area is 212 Å². The fourth-order valence-electron chi connectivity index (χ4n) is 4.44. The van der Waals surface area contributed by atoms with Crippen LogP contribution in [0.15, 0.2) is 30.3 Å². The lowest BCUT2D eigenvalue weighted by Crippen LogP contribution is -2.54. The number of carbonyl (C=O) groups excluding carboxylic acids is 5. The standard InChI is InChI=1S/C24H18F2N6O6/c1-38-17-14(25)8-12-9-32(18(33)15(12)16(17)26)10-23(19(34)28-21(36)30-23)7-6-11-2-4-13(5-3-11)24(27)20(35)29-22(37)31-24/h2-5,8H,9-10,27H2,1H3,(H2,28,30,34,36)(H2,29,31,35,37)/t23-,24+/m1/s1. The predicted molar refractivity (Wildman–Crippen MR) is 123 cm³/mol. The number of urea groups is 2. The Morgan fingerprint density at radius 1 is 1.03 bits per heavy atom. The third kappa shape index (κ3) is 3.76. The van der Waals surface area contributed by atoms with Gasteiger partial charge in [0.1, 0.15) is 0 Å². The van der Waals surface area contributed by atoms with Crippen molar-refractivity contribution in [2.24, 2.45) is 5.73 Å². The largest absolute Gasteiger partial charge is 0.491 e. The minimum absolute atomic E-state index is 0.0491. The Bertz CT molecular complexity index is 1520. The van der Waals surface area contributed by atoms with Gasteiger partial charge in [0.05, 0.1) is 19.2 Å². The van der Waals surface area contributed by atoms with Crippen LogP contribution in [0.5, 0.6) is 5.75 Å². The highest BCUT2D eigenvalue weighted by Crippen LogP contribution is 2.34. The zero-order chi connectivity index (χ0) is 27.4. The van der Waals surface area contributed by atoms with Crippen LogP contribution < -0.4 is 31.7 Å². The van der Waals surface area contributed by atoms with Crippen molar-refractivity contribution in [1.82, 2.24) is 26.2 Å². The van der Waals surface area contributed by atoms with E-state index in [1.54, 1.807) is 0 Å². The van der Waals surface area contributed by atoms with Crippen LogP contribution in [0.4, 0.5) is 18.4 Å². The van der Waals surface area contributed by atoms with Gasteiger partial charge in [-0.3, -0.25) is 30.8 Å². The molecule has 0 radical (unpaired) electrons. The second-order valence-electron chi connectivity index (χ2n) is 8.76. The van der Waals surface area contributed by atoms with Gasteiger partial charge in [-0.05, 0) is 23.8 Å². The van der Waals surface area contributed by atoms with Crippen molar-refractivity contribution in [1.29, 1.82) is 0 Å². The Hall–Kier alpha value is -5.03. The lowest BCUT2D eigenvalue weighted by atomic mass is 9.97. The number of fused-ring (bicyclic) bond motifs is 1. The van der Waals surface area contributed by atoms with Crippen molar-refractivity contribution in [2.75, 3.05) is 13.7 Å². The van der Waals surface area contributed by atoms with Crippen LogP contribution in [0, 0.1) is 23.5 Å². The first-order chi connectivity index (χ1) is 18.0. The highest BCUT2D eigenvalue weighted by molar-refractivity contribution is 6.10. The molecular formula is C24H18F2N6O6. The van der Waals surface area contributed by atoms with E-state index in [0.29, 0.717) is 5.56 Å². The average Bonchev–Trinajstić information content (AvgIpc) is 3.42. The maximum Gasteiger partial charge on any atom is 0.323 e. The lowest BCUT2D eigenvalue weighted by Gasteiger charge is -2.26. The summed E-state index contributed by atoms with van der Waals surface area (Å²) < 4.78 is 33.6. The molecule has 3 heterocycles. The van der Waals surface area contributed by atoms with Crippen molar-refractivity contribution in [3.05, 3.63) is 64.2 Å². The molecule has 38 heavy (non-hydrogen) atoms. The number of imide groups is 2. The Morgan fingerprint density at radius 3 is 2.26 bits per heavy atom. The summed E-state index contributed by atoms with van der Waals surface area (Å²) in [6.07, 6.45) is 0. The van der Waals surface area contributed by atoms with Gasteiger partial charge in [-0.1, -0.05) is 24.0 Å². The number of nitrogens with one attached hydrogen (secondary N) is 4. The number of hydrogen-bond donors (Lipinski definition) is 5. The number of halogens is 2. The summed E-state index contributed by atoms with van der Waals surface area (Å²) in [5.41, 5.74) is 2.57. The normalized spacial score (nSPS) is 23.8. The number of nitrogens with zero attached hydrogens (tertiary/aromatic N) is 1. The summed E-state index contributed by atoms with van der Waals surface area (Å²) in [6.45, 7) is -0.704. The van der Waals surface area contributed by atoms with Crippen LogP contribution in [0.3, 0.4) is 0 Å². The molecule has 2 saturated heterocycles. The number of methoxy groups -OCH3 is 1. The number of nitrogens with two attached hydrogens (primary N) is 1. The van der Waals surface area contributed by atoms with Gasteiger partial charge in [0.15, 0.2) is 23.0 Å². The molecule has 0 unspecified atom stereocenters. The van der Waals surface area contributed by atoms with Gasteiger partial charge in [0.2, 0.25) is 5.54 Å². The molecule has 194 valence electrons. The second kappa shape index (κ2) is 8.53. The van der Waals surface area contributed by atoms with Crippen molar-refractivity contribution < 1.29 is 37.5 Å². The summed E-state index contributed by atoms with van der Waals surface area (Å²) in [5.74, 6) is 0.119. The number of carbonyl (C=O) groups is 5. The number of rotatable bonds is 4. The number of ether oxygens (including phenoxy) is 1. The van der Waals surface area contributed by atoms with E-state index in [1.807, 2.05) is 5.32 Å². The van der Waals surface area contributed by atoms with Gasteiger partial charge in [-0.15, -0.1) is 0 Å². The molecule has 2 aromatic rings. The molecule has 5 rings (SSSR count). The number of benzene rings is 2. The molecule has 14 heteroatoms. The minimum Gasteiger partial charge on any atom is -0.491 e. The smallest absolute Gasteiger partial charge is 0.323 e. The maximum atomic E-state index is 14.7. The zero-order valence-electron chi connectivity index (χ0n) is 19.5. The molecule has 2 fully saturated rings.